The number of anilines is 1. The molecule has 3 aromatic heterocycles. The predicted octanol–water partition coefficient (Wildman–Crippen LogP) is 3.51. The van der Waals surface area contributed by atoms with Gasteiger partial charge in [-0.1, -0.05) is 19.2 Å². The van der Waals surface area contributed by atoms with Crippen LogP contribution < -0.4 is 4.90 Å². The highest BCUT2D eigenvalue weighted by atomic mass is 19.4. The van der Waals surface area contributed by atoms with Crippen molar-refractivity contribution in [3.63, 3.8) is 0 Å². The first kappa shape index (κ1) is 19.1. The Balaban J connectivity index is 2.28. The molecule has 0 radical (unpaired) electrons. The van der Waals surface area contributed by atoms with Crippen molar-refractivity contribution in [3.8, 4) is 5.82 Å². The fourth-order valence-electron chi connectivity index (χ4n) is 2.75. The van der Waals surface area contributed by atoms with E-state index < -0.39 is 23.4 Å². The number of carboxylic acid groups (broad SMARTS) is 1. The normalized spacial score (nSPS) is 11.6. The van der Waals surface area contributed by atoms with Crippen LogP contribution in [0, 0.1) is 0 Å². The Morgan fingerprint density at radius 1 is 1.21 bits per heavy atom. The molecule has 0 amide bonds. The Kier molecular flexibility index (Phi) is 4.45. The predicted molar refractivity (Wildman–Crippen MR) is 94.2 cm³/mol. The molecule has 3 aromatic rings. The molecule has 3 rings (SSSR count). The van der Waals surface area contributed by atoms with E-state index in [-0.39, 0.29) is 17.4 Å². The van der Waals surface area contributed by atoms with Crippen molar-refractivity contribution < 1.29 is 23.1 Å². The van der Waals surface area contributed by atoms with E-state index in [9.17, 15) is 18.0 Å². The summed E-state index contributed by atoms with van der Waals surface area (Å²) in [5.74, 6) is -1.70. The van der Waals surface area contributed by atoms with E-state index in [1.807, 2.05) is 0 Å². The first-order valence-electron chi connectivity index (χ1n) is 7.88. The number of hydrogen-bond donors (Lipinski definition) is 1. The number of nitrogens with zero attached hydrogens (tertiary/aromatic N) is 6. The smallest absolute Gasteiger partial charge is 0.434 e. The van der Waals surface area contributed by atoms with Gasteiger partial charge in [-0.2, -0.15) is 27.8 Å². The van der Waals surface area contributed by atoms with Gasteiger partial charge in [0, 0.05) is 11.4 Å². The maximum absolute atomic E-state index is 13.5. The second-order valence-electron chi connectivity index (χ2n) is 5.99. The van der Waals surface area contributed by atoms with Gasteiger partial charge in [0.15, 0.2) is 17.2 Å². The molecule has 0 aliphatic carbocycles. The summed E-state index contributed by atoms with van der Waals surface area (Å²) in [6.45, 7) is 11.0. The van der Waals surface area contributed by atoms with Crippen LogP contribution in [0.2, 0.25) is 0 Å². The molecule has 8 nitrogen and oxygen atoms in total. The topological polar surface area (TPSA) is 88.5 Å². The van der Waals surface area contributed by atoms with Gasteiger partial charge in [-0.15, -0.1) is 5.10 Å². The standard InChI is InChI=1S/C17H15F3N6O2/c1-9(2)24(10(3)4)16-22-12-6-5-7-13(25(12)23-16)26-14(17(18,19)20)11(8-21-26)15(27)28/h5-8H,1,3H2,2,4H3,(H,27,28). The van der Waals surface area contributed by atoms with Crippen molar-refractivity contribution in [3.05, 3.63) is 60.2 Å². The third-order valence-corrected chi connectivity index (χ3v) is 3.78. The summed E-state index contributed by atoms with van der Waals surface area (Å²) in [5.41, 5.74) is -1.02. The van der Waals surface area contributed by atoms with Crippen LogP contribution in [0.4, 0.5) is 19.1 Å². The fourth-order valence-corrected chi connectivity index (χ4v) is 2.75. The van der Waals surface area contributed by atoms with E-state index in [2.05, 4.69) is 28.3 Å². The SMILES string of the molecule is C=C(C)N(C(=C)C)c1nc2cccc(-n3ncc(C(=O)O)c3C(F)(F)F)n2n1. The number of fused-ring (bicyclic) bond motifs is 1. The number of pyridine rings is 1. The molecule has 0 aliphatic heterocycles. The van der Waals surface area contributed by atoms with Crippen molar-refractivity contribution in [1.29, 1.82) is 0 Å². The summed E-state index contributed by atoms with van der Waals surface area (Å²) in [6, 6.07) is 4.34. The zero-order valence-electron chi connectivity index (χ0n) is 14.9. The van der Waals surface area contributed by atoms with Crippen molar-refractivity contribution in [2.45, 2.75) is 20.0 Å². The van der Waals surface area contributed by atoms with Gasteiger partial charge in [0.2, 0.25) is 0 Å². The molecule has 0 atom stereocenters. The molecule has 146 valence electrons. The monoisotopic (exact) mass is 392 g/mol. The van der Waals surface area contributed by atoms with Gasteiger partial charge in [0.25, 0.3) is 5.95 Å². The highest BCUT2D eigenvalue weighted by Gasteiger charge is 2.41. The first-order valence-corrected chi connectivity index (χ1v) is 7.88. The van der Waals surface area contributed by atoms with Crippen molar-refractivity contribution in [1.82, 2.24) is 24.4 Å². The average Bonchev–Trinajstić information content (AvgIpc) is 3.17. The van der Waals surface area contributed by atoms with Crippen LogP contribution in [-0.2, 0) is 6.18 Å². The molecular formula is C17H15F3N6O2. The summed E-state index contributed by atoms with van der Waals surface area (Å²) < 4.78 is 42.2. The highest BCUT2D eigenvalue weighted by molar-refractivity contribution is 5.89. The molecule has 28 heavy (non-hydrogen) atoms. The van der Waals surface area contributed by atoms with Crippen molar-refractivity contribution >= 4 is 17.6 Å². The van der Waals surface area contributed by atoms with Crippen molar-refractivity contribution in [2.24, 2.45) is 0 Å². The number of alkyl halides is 3. The van der Waals surface area contributed by atoms with Gasteiger partial charge in [-0.05, 0) is 26.0 Å². The lowest BCUT2D eigenvalue weighted by molar-refractivity contribution is -0.143. The Morgan fingerprint density at radius 2 is 1.86 bits per heavy atom. The van der Waals surface area contributed by atoms with Crippen LogP contribution in [0.5, 0.6) is 0 Å². The van der Waals surface area contributed by atoms with E-state index in [1.54, 1.807) is 19.9 Å². The van der Waals surface area contributed by atoms with Crippen LogP contribution in [0.3, 0.4) is 0 Å². The molecule has 0 fully saturated rings. The highest BCUT2D eigenvalue weighted by Crippen LogP contribution is 2.34. The molecule has 0 spiro atoms. The number of allylic oxidation sites excluding steroid dienone is 2. The van der Waals surface area contributed by atoms with Crippen LogP contribution >= 0.6 is 0 Å². The van der Waals surface area contributed by atoms with Crippen LogP contribution in [-0.4, -0.2) is 35.5 Å². The zero-order valence-corrected chi connectivity index (χ0v) is 14.9. The molecule has 0 aliphatic rings. The molecule has 1 N–H and O–H groups in total. The number of hydrogen-bond acceptors (Lipinski definition) is 5. The van der Waals surface area contributed by atoms with Crippen LogP contribution in [0.25, 0.3) is 11.5 Å². The van der Waals surface area contributed by atoms with Gasteiger partial charge in [0.05, 0.1) is 6.20 Å². The van der Waals surface area contributed by atoms with Crippen LogP contribution in [0.15, 0.2) is 48.9 Å². The summed E-state index contributed by atoms with van der Waals surface area (Å²) in [6.07, 6.45) is -4.30. The third kappa shape index (κ3) is 3.10. The summed E-state index contributed by atoms with van der Waals surface area (Å²) in [5, 5.41) is 17.0. The lowest BCUT2D eigenvalue weighted by Gasteiger charge is -2.20. The van der Waals surface area contributed by atoms with Crippen LogP contribution in [0.1, 0.15) is 29.9 Å². The summed E-state index contributed by atoms with van der Waals surface area (Å²) >= 11 is 0. The molecule has 0 aromatic carbocycles. The van der Waals surface area contributed by atoms with Gasteiger partial charge in [-0.3, -0.25) is 4.90 Å². The Morgan fingerprint density at radius 3 is 2.39 bits per heavy atom. The van der Waals surface area contributed by atoms with E-state index >= 15 is 0 Å². The second kappa shape index (κ2) is 6.51. The molecule has 3 heterocycles. The maximum Gasteiger partial charge on any atom is 0.434 e. The van der Waals surface area contributed by atoms with Crippen molar-refractivity contribution in [2.75, 3.05) is 4.90 Å². The zero-order chi connectivity index (χ0) is 20.8. The fraction of sp³-hybridized carbons (Fsp3) is 0.176. The van der Waals surface area contributed by atoms with E-state index in [1.165, 1.54) is 17.0 Å². The van der Waals surface area contributed by atoms with Gasteiger partial charge >= 0.3 is 12.1 Å². The number of carboxylic acids is 1. The number of rotatable bonds is 5. The Bertz CT molecular complexity index is 1100. The minimum absolute atomic E-state index is 0.126. The first-order chi connectivity index (χ1) is 13.0. The Hall–Kier alpha value is -3.63. The minimum atomic E-state index is -4.95. The van der Waals surface area contributed by atoms with Gasteiger partial charge in [-0.25, -0.2) is 9.48 Å². The number of halogens is 3. The number of aromatic carboxylic acids is 1. The van der Waals surface area contributed by atoms with E-state index in [4.69, 9.17) is 5.11 Å². The number of carbonyl (C=O) groups is 1. The molecule has 0 saturated carbocycles. The minimum Gasteiger partial charge on any atom is -0.478 e. The Labute approximate surface area is 156 Å². The van der Waals surface area contributed by atoms with Gasteiger partial charge < -0.3 is 5.11 Å². The number of aromatic nitrogens is 5. The molecule has 0 unspecified atom stereocenters. The lowest BCUT2D eigenvalue weighted by atomic mass is 10.2. The van der Waals surface area contributed by atoms with E-state index in [0.29, 0.717) is 22.3 Å². The quantitative estimate of drug-likeness (QED) is 0.715. The molecule has 0 saturated heterocycles. The average molecular weight is 392 g/mol. The second-order valence-corrected chi connectivity index (χ2v) is 5.99. The maximum atomic E-state index is 13.5. The van der Waals surface area contributed by atoms with E-state index in [0.717, 1.165) is 4.52 Å². The summed E-state index contributed by atoms with van der Waals surface area (Å²) in [7, 11) is 0. The molecule has 11 heteroatoms. The summed E-state index contributed by atoms with van der Waals surface area (Å²) in [4.78, 5) is 17.0. The molecule has 0 bridgehead atoms. The molecular weight excluding hydrogens is 377 g/mol. The third-order valence-electron chi connectivity index (χ3n) is 3.78. The van der Waals surface area contributed by atoms with Gasteiger partial charge in [0.1, 0.15) is 5.56 Å². The largest absolute Gasteiger partial charge is 0.478 e. The lowest BCUT2D eigenvalue weighted by Crippen LogP contribution is -2.20.